The van der Waals surface area contributed by atoms with Crippen molar-refractivity contribution in [2.45, 2.75) is 53.0 Å². The summed E-state index contributed by atoms with van der Waals surface area (Å²) in [5.41, 5.74) is 0.395. The lowest BCUT2D eigenvalue weighted by Gasteiger charge is -2.43. The molecule has 0 unspecified atom stereocenters. The van der Waals surface area contributed by atoms with Crippen LogP contribution in [-0.2, 0) is 11.3 Å². The van der Waals surface area contributed by atoms with Crippen molar-refractivity contribution in [3.05, 3.63) is 24.2 Å². The Morgan fingerprint density at radius 3 is 2.68 bits per heavy atom. The maximum atomic E-state index is 11.9. The van der Waals surface area contributed by atoms with Crippen LogP contribution in [0.5, 0.6) is 0 Å². The number of amides is 1. The van der Waals surface area contributed by atoms with E-state index < -0.39 is 0 Å². The molecule has 0 aliphatic heterocycles. The Hall–Kier alpha value is -1.98. The second-order valence-electron chi connectivity index (χ2n) is 7.36. The molecule has 1 aromatic rings. The molecule has 3 N–H and O–H groups in total. The van der Waals surface area contributed by atoms with Gasteiger partial charge in [-0.3, -0.25) is 4.79 Å². The summed E-state index contributed by atoms with van der Waals surface area (Å²) in [5, 5.41) is 9.46. The van der Waals surface area contributed by atoms with Crippen LogP contribution < -0.4 is 16.0 Å². The number of rotatable bonds is 9. The molecule has 0 radical (unpaired) electrons. The van der Waals surface area contributed by atoms with Gasteiger partial charge >= 0.3 is 0 Å². The van der Waals surface area contributed by atoms with Gasteiger partial charge in [0, 0.05) is 13.1 Å². The second kappa shape index (κ2) is 9.49. The quantitative estimate of drug-likeness (QED) is 0.473. The van der Waals surface area contributed by atoms with Crippen molar-refractivity contribution in [3.63, 3.8) is 0 Å². The number of nitrogens with one attached hydrogen (secondary N) is 3. The van der Waals surface area contributed by atoms with Gasteiger partial charge < -0.3 is 20.4 Å². The van der Waals surface area contributed by atoms with E-state index in [4.69, 9.17) is 4.42 Å². The molecule has 1 fully saturated rings. The van der Waals surface area contributed by atoms with Crippen LogP contribution in [0.4, 0.5) is 0 Å². The minimum Gasteiger partial charge on any atom is -0.467 e. The molecule has 6 nitrogen and oxygen atoms in total. The first-order valence-corrected chi connectivity index (χ1v) is 9.34. The average molecular weight is 348 g/mol. The molecular formula is C19H32N4O2. The molecule has 0 saturated heterocycles. The van der Waals surface area contributed by atoms with Crippen molar-refractivity contribution in [2.75, 3.05) is 19.6 Å². The van der Waals surface area contributed by atoms with Gasteiger partial charge in [0.05, 0.1) is 12.8 Å². The first-order chi connectivity index (χ1) is 12.0. The number of nitrogens with zero attached hydrogens (tertiary/aromatic N) is 1. The van der Waals surface area contributed by atoms with E-state index in [0.717, 1.165) is 18.8 Å². The molecule has 1 aromatic heterocycles. The highest BCUT2D eigenvalue weighted by Gasteiger charge is 2.37. The van der Waals surface area contributed by atoms with Crippen molar-refractivity contribution in [3.8, 4) is 0 Å². The number of carbonyl (C=O) groups is 1. The van der Waals surface area contributed by atoms with E-state index in [1.54, 1.807) is 12.3 Å². The van der Waals surface area contributed by atoms with E-state index in [9.17, 15) is 4.79 Å². The van der Waals surface area contributed by atoms with Crippen molar-refractivity contribution in [1.82, 2.24) is 16.0 Å². The van der Waals surface area contributed by atoms with Crippen LogP contribution in [0.3, 0.4) is 0 Å². The molecular weight excluding hydrogens is 316 g/mol. The molecule has 1 heterocycles. The highest BCUT2D eigenvalue weighted by Crippen LogP contribution is 2.45. The Labute approximate surface area is 150 Å². The number of furan rings is 1. The summed E-state index contributed by atoms with van der Waals surface area (Å²) in [6, 6.07) is 3.64. The van der Waals surface area contributed by atoms with Gasteiger partial charge in [0.1, 0.15) is 12.3 Å². The van der Waals surface area contributed by atoms with Gasteiger partial charge in [0.15, 0.2) is 5.96 Å². The Morgan fingerprint density at radius 2 is 2.12 bits per heavy atom. The third-order valence-corrected chi connectivity index (χ3v) is 4.65. The van der Waals surface area contributed by atoms with Crippen LogP contribution in [0, 0.1) is 11.3 Å². The molecule has 1 aliphatic rings. The molecule has 0 atom stereocenters. The first kappa shape index (κ1) is 19.3. The van der Waals surface area contributed by atoms with Crippen LogP contribution in [0.15, 0.2) is 27.8 Å². The zero-order chi connectivity index (χ0) is 18.1. The van der Waals surface area contributed by atoms with Gasteiger partial charge in [-0.25, -0.2) is 4.99 Å². The van der Waals surface area contributed by atoms with Gasteiger partial charge in [0.25, 0.3) is 0 Å². The Bertz CT molecular complexity index is 548. The lowest BCUT2D eigenvalue weighted by molar-refractivity contribution is -0.119. The molecule has 25 heavy (non-hydrogen) atoms. The predicted molar refractivity (Wildman–Crippen MR) is 100 cm³/mol. The first-order valence-electron chi connectivity index (χ1n) is 9.34. The SMILES string of the molecule is CCNC(=NCC(=O)NCc1ccco1)NCC1(CC(C)C)CCC1. The fourth-order valence-corrected chi connectivity index (χ4v) is 3.41. The molecule has 2 rings (SSSR count). The molecule has 6 heteroatoms. The monoisotopic (exact) mass is 348 g/mol. The predicted octanol–water partition coefficient (Wildman–Crippen LogP) is 2.67. The Balaban J connectivity index is 1.79. The van der Waals surface area contributed by atoms with Crippen molar-refractivity contribution in [1.29, 1.82) is 0 Å². The van der Waals surface area contributed by atoms with Crippen LogP contribution in [0.1, 0.15) is 52.2 Å². The molecule has 1 aliphatic carbocycles. The van der Waals surface area contributed by atoms with Crippen molar-refractivity contribution >= 4 is 11.9 Å². The molecule has 0 spiro atoms. The lowest BCUT2D eigenvalue weighted by atomic mass is 9.64. The van der Waals surface area contributed by atoms with Gasteiger partial charge in [-0.2, -0.15) is 0 Å². The zero-order valence-corrected chi connectivity index (χ0v) is 15.7. The maximum absolute atomic E-state index is 11.9. The summed E-state index contributed by atoms with van der Waals surface area (Å²) in [5.74, 6) is 2.04. The Kier molecular flexibility index (Phi) is 7.34. The van der Waals surface area contributed by atoms with E-state index in [2.05, 4.69) is 34.8 Å². The van der Waals surface area contributed by atoms with Gasteiger partial charge in [0.2, 0.25) is 5.91 Å². The number of carbonyl (C=O) groups excluding carboxylic acids is 1. The van der Waals surface area contributed by atoms with Crippen LogP contribution in [-0.4, -0.2) is 31.5 Å². The standard InChI is InChI=1S/C19H32N4O2/c1-4-20-18(23-14-19(8-6-9-19)11-15(2)3)22-13-17(24)21-12-16-7-5-10-25-16/h5,7,10,15H,4,6,8-9,11-14H2,1-3H3,(H,21,24)(H2,20,22,23). The van der Waals surface area contributed by atoms with Crippen LogP contribution in [0.25, 0.3) is 0 Å². The summed E-state index contributed by atoms with van der Waals surface area (Å²) in [4.78, 5) is 16.4. The highest BCUT2D eigenvalue weighted by molar-refractivity contribution is 5.84. The van der Waals surface area contributed by atoms with Crippen LogP contribution >= 0.6 is 0 Å². The van der Waals surface area contributed by atoms with E-state index in [1.807, 2.05) is 13.0 Å². The number of aliphatic imine (C=N–C) groups is 1. The molecule has 1 amide bonds. The minimum absolute atomic E-state index is 0.104. The van der Waals surface area contributed by atoms with Crippen molar-refractivity contribution < 1.29 is 9.21 Å². The van der Waals surface area contributed by atoms with Gasteiger partial charge in [-0.05, 0) is 49.7 Å². The fourth-order valence-electron chi connectivity index (χ4n) is 3.41. The summed E-state index contributed by atoms with van der Waals surface area (Å²) >= 11 is 0. The number of guanidine groups is 1. The topological polar surface area (TPSA) is 78.7 Å². The fraction of sp³-hybridized carbons (Fsp3) is 0.684. The zero-order valence-electron chi connectivity index (χ0n) is 15.7. The Morgan fingerprint density at radius 1 is 1.32 bits per heavy atom. The van der Waals surface area contributed by atoms with Crippen molar-refractivity contribution in [2.24, 2.45) is 16.3 Å². The lowest BCUT2D eigenvalue weighted by Crippen LogP contribution is -2.47. The summed E-state index contributed by atoms with van der Waals surface area (Å²) in [6.07, 6.45) is 6.71. The average Bonchev–Trinajstić information content (AvgIpc) is 3.05. The molecule has 140 valence electrons. The summed E-state index contributed by atoms with van der Waals surface area (Å²) in [6.45, 7) is 8.78. The van der Waals surface area contributed by atoms with Gasteiger partial charge in [-0.1, -0.05) is 20.3 Å². The van der Waals surface area contributed by atoms with E-state index >= 15 is 0 Å². The normalized spacial score (nSPS) is 16.4. The highest BCUT2D eigenvalue weighted by atomic mass is 16.3. The molecule has 1 saturated carbocycles. The number of hydrogen-bond donors (Lipinski definition) is 3. The van der Waals surface area contributed by atoms with E-state index in [0.29, 0.717) is 23.8 Å². The summed E-state index contributed by atoms with van der Waals surface area (Å²) in [7, 11) is 0. The minimum atomic E-state index is -0.117. The third kappa shape index (κ3) is 6.44. The largest absolute Gasteiger partial charge is 0.467 e. The smallest absolute Gasteiger partial charge is 0.242 e. The molecule has 0 bridgehead atoms. The summed E-state index contributed by atoms with van der Waals surface area (Å²) < 4.78 is 5.20. The number of hydrogen-bond acceptors (Lipinski definition) is 3. The molecule has 0 aromatic carbocycles. The second-order valence-corrected chi connectivity index (χ2v) is 7.36. The van der Waals surface area contributed by atoms with E-state index in [1.165, 1.54) is 25.7 Å². The third-order valence-electron chi connectivity index (χ3n) is 4.65. The van der Waals surface area contributed by atoms with E-state index in [-0.39, 0.29) is 12.5 Å². The van der Waals surface area contributed by atoms with Gasteiger partial charge in [-0.15, -0.1) is 0 Å². The van der Waals surface area contributed by atoms with Crippen LogP contribution in [0.2, 0.25) is 0 Å². The maximum Gasteiger partial charge on any atom is 0.242 e.